The number of nitrogens with zero attached hydrogens (tertiary/aromatic N) is 5. The molecule has 0 bridgehead atoms. The Morgan fingerprint density at radius 1 is 1.26 bits per heavy atom. The van der Waals surface area contributed by atoms with Gasteiger partial charge in [0.1, 0.15) is 11.3 Å². The van der Waals surface area contributed by atoms with Gasteiger partial charge in [0.05, 0.1) is 0 Å². The Balaban J connectivity index is 1.37. The van der Waals surface area contributed by atoms with Crippen molar-refractivity contribution in [3.63, 3.8) is 0 Å². The van der Waals surface area contributed by atoms with Gasteiger partial charge in [-0.3, -0.25) is 4.98 Å². The van der Waals surface area contributed by atoms with Crippen LogP contribution in [0.25, 0.3) is 11.5 Å². The van der Waals surface area contributed by atoms with Crippen molar-refractivity contribution in [2.24, 2.45) is 0 Å². The van der Waals surface area contributed by atoms with Crippen molar-refractivity contribution in [3.8, 4) is 11.5 Å². The summed E-state index contributed by atoms with van der Waals surface area (Å²) in [5, 5.41) is 4.12. The lowest BCUT2D eigenvalue weighted by molar-refractivity contribution is -0.0831. The van der Waals surface area contributed by atoms with Gasteiger partial charge in [-0.1, -0.05) is 11.2 Å². The summed E-state index contributed by atoms with van der Waals surface area (Å²) in [5.41, 5.74) is 0.234. The highest BCUT2D eigenvalue weighted by Crippen LogP contribution is 2.36. The molecule has 2 aromatic heterocycles. The third-order valence-corrected chi connectivity index (χ3v) is 6.21. The van der Waals surface area contributed by atoms with E-state index in [-0.39, 0.29) is 0 Å². The van der Waals surface area contributed by atoms with Crippen molar-refractivity contribution in [1.82, 2.24) is 24.9 Å². The molecule has 0 spiro atoms. The molecule has 2 aliphatic rings. The predicted molar refractivity (Wildman–Crippen MR) is 102 cm³/mol. The number of likely N-dealkylation sites (tertiary alicyclic amines) is 2. The van der Waals surface area contributed by atoms with Crippen LogP contribution in [0.5, 0.6) is 0 Å². The van der Waals surface area contributed by atoms with Crippen LogP contribution in [0.15, 0.2) is 28.9 Å². The van der Waals surface area contributed by atoms with Gasteiger partial charge >= 0.3 is 0 Å². The van der Waals surface area contributed by atoms with Crippen LogP contribution in [0, 0.1) is 0 Å². The molecule has 2 aromatic rings. The minimum atomic E-state index is -0.485. The van der Waals surface area contributed by atoms with Crippen LogP contribution in [0.1, 0.15) is 38.0 Å². The molecule has 0 aromatic carbocycles. The van der Waals surface area contributed by atoms with Gasteiger partial charge < -0.3 is 19.1 Å². The molecule has 4 rings (SSSR count). The Morgan fingerprint density at radius 2 is 2.11 bits per heavy atom. The summed E-state index contributed by atoms with van der Waals surface area (Å²) in [4.78, 5) is 13.9. The van der Waals surface area contributed by atoms with E-state index < -0.39 is 5.60 Å². The number of rotatable bonds is 6. The zero-order chi connectivity index (χ0) is 18.7. The fourth-order valence-electron chi connectivity index (χ4n) is 4.33. The second-order valence-electron chi connectivity index (χ2n) is 7.74. The lowest BCUT2D eigenvalue weighted by Gasteiger charge is -2.38. The summed E-state index contributed by atoms with van der Waals surface area (Å²) < 4.78 is 11.5. The Hall–Kier alpha value is -1.83. The zero-order valence-electron chi connectivity index (χ0n) is 16.3. The van der Waals surface area contributed by atoms with Crippen LogP contribution in [0.3, 0.4) is 0 Å². The summed E-state index contributed by atoms with van der Waals surface area (Å²) >= 11 is 0. The van der Waals surface area contributed by atoms with E-state index in [1.807, 2.05) is 18.2 Å². The minimum Gasteiger partial charge on any atom is -0.368 e. The van der Waals surface area contributed by atoms with Crippen LogP contribution < -0.4 is 0 Å². The molecular weight excluding hydrogens is 342 g/mol. The number of hydrogen-bond donors (Lipinski definition) is 0. The summed E-state index contributed by atoms with van der Waals surface area (Å²) in [6, 6.07) is 6.43. The smallest absolute Gasteiger partial charge is 0.259 e. The van der Waals surface area contributed by atoms with Gasteiger partial charge in [0, 0.05) is 32.4 Å². The average molecular weight is 371 g/mol. The highest BCUT2D eigenvalue weighted by Gasteiger charge is 2.41. The summed E-state index contributed by atoms with van der Waals surface area (Å²) in [6.45, 7) is 4.38. The molecule has 0 aliphatic carbocycles. The third-order valence-electron chi connectivity index (χ3n) is 6.21. The molecule has 1 atom stereocenters. The molecule has 0 N–H and O–H groups in total. The molecule has 2 fully saturated rings. The van der Waals surface area contributed by atoms with Crippen LogP contribution in [0.2, 0.25) is 0 Å². The summed E-state index contributed by atoms with van der Waals surface area (Å²) in [7, 11) is 3.99. The Bertz CT molecular complexity index is 727. The number of piperidine rings is 1. The van der Waals surface area contributed by atoms with Gasteiger partial charge in [-0.2, -0.15) is 4.98 Å². The first-order valence-corrected chi connectivity index (χ1v) is 9.93. The van der Waals surface area contributed by atoms with Crippen molar-refractivity contribution in [2.45, 2.75) is 43.7 Å². The Labute approximate surface area is 160 Å². The van der Waals surface area contributed by atoms with Gasteiger partial charge in [0.15, 0.2) is 0 Å². The molecule has 7 nitrogen and oxygen atoms in total. The summed E-state index contributed by atoms with van der Waals surface area (Å²) in [6.07, 6.45) is 7.40. The number of methoxy groups -OCH3 is 1. The van der Waals surface area contributed by atoms with Gasteiger partial charge in [-0.15, -0.1) is 0 Å². The molecule has 7 heteroatoms. The van der Waals surface area contributed by atoms with E-state index in [4.69, 9.17) is 9.26 Å². The highest BCUT2D eigenvalue weighted by atomic mass is 16.5. The van der Waals surface area contributed by atoms with Crippen molar-refractivity contribution < 1.29 is 9.26 Å². The first-order chi connectivity index (χ1) is 13.2. The molecule has 0 radical (unpaired) electrons. The van der Waals surface area contributed by atoms with E-state index in [1.165, 1.54) is 25.8 Å². The molecule has 4 heterocycles. The minimum absolute atomic E-state index is 0.485. The topological polar surface area (TPSA) is 67.5 Å². The van der Waals surface area contributed by atoms with Crippen molar-refractivity contribution >= 4 is 0 Å². The van der Waals surface area contributed by atoms with E-state index in [0.29, 0.717) is 11.7 Å². The van der Waals surface area contributed by atoms with E-state index >= 15 is 0 Å². The first kappa shape index (κ1) is 18.5. The van der Waals surface area contributed by atoms with Crippen molar-refractivity contribution in [1.29, 1.82) is 0 Å². The number of pyridine rings is 1. The van der Waals surface area contributed by atoms with Crippen molar-refractivity contribution in [3.05, 3.63) is 30.3 Å². The van der Waals surface area contributed by atoms with E-state index in [0.717, 1.165) is 44.2 Å². The van der Waals surface area contributed by atoms with Crippen LogP contribution >= 0.6 is 0 Å². The first-order valence-electron chi connectivity index (χ1n) is 9.93. The quantitative estimate of drug-likeness (QED) is 0.773. The second kappa shape index (κ2) is 8.04. The average Bonchev–Trinajstić information content (AvgIpc) is 3.37. The monoisotopic (exact) mass is 371 g/mol. The standard InChI is InChI=1S/C20H29N5O2/c1-24-12-5-6-16(24)8-13-25-14-9-20(26-2,10-15-25)19-22-18(23-27-19)17-7-3-4-11-21-17/h3-4,7,11,16H,5-6,8-10,12-15H2,1-2H3/t16-/m1/s1. The number of ether oxygens (including phenoxy) is 1. The van der Waals surface area contributed by atoms with Gasteiger partial charge in [0.25, 0.3) is 5.89 Å². The van der Waals surface area contributed by atoms with Crippen LogP contribution in [-0.2, 0) is 10.3 Å². The van der Waals surface area contributed by atoms with E-state index in [2.05, 4.69) is 32.0 Å². The van der Waals surface area contributed by atoms with E-state index in [1.54, 1.807) is 13.3 Å². The molecule has 2 aliphatic heterocycles. The Morgan fingerprint density at radius 3 is 2.78 bits per heavy atom. The normalized spacial score (nSPS) is 23.7. The molecule has 0 saturated carbocycles. The summed E-state index contributed by atoms with van der Waals surface area (Å²) in [5.74, 6) is 1.09. The molecule has 27 heavy (non-hydrogen) atoms. The zero-order valence-corrected chi connectivity index (χ0v) is 16.3. The fourth-order valence-corrected chi connectivity index (χ4v) is 4.33. The van der Waals surface area contributed by atoms with Crippen LogP contribution in [-0.4, -0.2) is 71.3 Å². The highest BCUT2D eigenvalue weighted by molar-refractivity contribution is 5.47. The van der Waals surface area contributed by atoms with Gasteiger partial charge in [-0.25, -0.2) is 0 Å². The molecule has 146 valence electrons. The molecule has 0 unspecified atom stereocenters. The lowest BCUT2D eigenvalue weighted by atomic mass is 9.90. The van der Waals surface area contributed by atoms with Gasteiger partial charge in [0.2, 0.25) is 5.82 Å². The van der Waals surface area contributed by atoms with Crippen molar-refractivity contribution in [2.75, 3.05) is 40.3 Å². The maximum atomic E-state index is 5.91. The SMILES string of the molecule is COC1(c2nc(-c3ccccn3)no2)CCN(CC[C@H]2CCCN2C)CC1. The number of hydrogen-bond acceptors (Lipinski definition) is 7. The molecular formula is C20H29N5O2. The van der Waals surface area contributed by atoms with Crippen LogP contribution in [0.4, 0.5) is 0 Å². The second-order valence-corrected chi connectivity index (χ2v) is 7.74. The maximum Gasteiger partial charge on any atom is 0.259 e. The van der Waals surface area contributed by atoms with E-state index in [9.17, 15) is 0 Å². The largest absolute Gasteiger partial charge is 0.368 e. The van der Waals surface area contributed by atoms with Gasteiger partial charge in [-0.05, 0) is 64.4 Å². The molecule has 0 amide bonds. The number of aromatic nitrogens is 3. The fraction of sp³-hybridized carbons (Fsp3) is 0.650. The molecule has 2 saturated heterocycles. The predicted octanol–water partition coefficient (Wildman–Crippen LogP) is 2.55. The third kappa shape index (κ3) is 3.90. The lowest BCUT2D eigenvalue weighted by Crippen LogP contribution is -2.45. The Kier molecular flexibility index (Phi) is 5.52. The maximum absolute atomic E-state index is 5.91.